The van der Waals surface area contributed by atoms with Gasteiger partial charge in [-0.1, -0.05) is 37.1 Å². The first kappa shape index (κ1) is 20.3. The van der Waals surface area contributed by atoms with Crippen molar-refractivity contribution >= 4 is 30.0 Å². The monoisotopic (exact) mass is 369 g/mol. The van der Waals surface area contributed by atoms with Crippen LogP contribution in [0.4, 0.5) is 0 Å². The maximum atomic E-state index is 12.5. The number of hydrogen-bond donors (Lipinski definition) is 0. The summed E-state index contributed by atoms with van der Waals surface area (Å²) in [6, 6.07) is 8.75. The van der Waals surface area contributed by atoms with Gasteiger partial charge in [-0.15, -0.1) is 12.4 Å². The highest BCUT2D eigenvalue weighted by Crippen LogP contribution is 2.23. The van der Waals surface area contributed by atoms with Gasteiger partial charge in [0.25, 0.3) is 0 Å². The molecule has 0 aliphatic carbocycles. The SMILES string of the molecule is CCCc1c(C(=O)OCC)c(=O)cc(-c2ccc(Cl)cc2)n1C.Cl. The van der Waals surface area contributed by atoms with E-state index in [1.807, 2.05) is 30.7 Å². The second kappa shape index (κ2) is 8.90. The zero-order valence-corrected chi connectivity index (χ0v) is 15.5. The molecule has 0 spiro atoms. The van der Waals surface area contributed by atoms with Crippen LogP contribution in [-0.4, -0.2) is 17.1 Å². The summed E-state index contributed by atoms with van der Waals surface area (Å²) in [7, 11) is 1.86. The maximum Gasteiger partial charge on any atom is 0.343 e. The lowest BCUT2D eigenvalue weighted by Gasteiger charge is -2.17. The topological polar surface area (TPSA) is 48.3 Å². The van der Waals surface area contributed by atoms with Gasteiger partial charge in [0.1, 0.15) is 5.56 Å². The summed E-state index contributed by atoms with van der Waals surface area (Å²) in [5, 5.41) is 0.635. The molecule has 2 rings (SSSR count). The number of carbonyl (C=O) groups is 1. The fraction of sp³-hybridized carbons (Fsp3) is 0.333. The van der Waals surface area contributed by atoms with Crippen LogP contribution in [0.15, 0.2) is 35.1 Å². The fourth-order valence-corrected chi connectivity index (χ4v) is 2.72. The molecule has 1 heterocycles. The molecule has 1 aromatic heterocycles. The summed E-state index contributed by atoms with van der Waals surface area (Å²) in [6.07, 6.45) is 1.45. The van der Waals surface area contributed by atoms with Crippen molar-refractivity contribution in [3.8, 4) is 11.3 Å². The van der Waals surface area contributed by atoms with Crippen LogP contribution < -0.4 is 5.43 Å². The van der Waals surface area contributed by atoms with E-state index in [-0.39, 0.29) is 30.0 Å². The Hall–Kier alpha value is -1.78. The molecular weight excluding hydrogens is 349 g/mol. The highest BCUT2D eigenvalue weighted by Gasteiger charge is 2.20. The molecule has 0 aliphatic heterocycles. The molecule has 6 heteroatoms. The van der Waals surface area contributed by atoms with Crippen LogP contribution in [0.5, 0.6) is 0 Å². The number of carbonyl (C=O) groups excluding carboxylic acids is 1. The summed E-state index contributed by atoms with van der Waals surface area (Å²) >= 11 is 5.92. The number of ether oxygens (including phenoxy) is 1. The number of benzene rings is 1. The van der Waals surface area contributed by atoms with E-state index >= 15 is 0 Å². The first-order valence-electron chi connectivity index (χ1n) is 7.65. The van der Waals surface area contributed by atoms with Gasteiger partial charge in [-0.05, 0) is 31.0 Å². The normalized spacial score (nSPS) is 10.2. The first-order valence-corrected chi connectivity index (χ1v) is 8.03. The molecule has 0 saturated heterocycles. The molecule has 4 nitrogen and oxygen atoms in total. The third kappa shape index (κ3) is 4.19. The molecule has 0 fully saturated rings. The van der Waals surface area contributed by atoms with Crippen molar-refractivity contribution in [1.29, 1.82) is 0 Å². The number of aromatic nitrogens is 1. The number of hydrogen-bond acceptors (Lipinski definition) is 3. The Morgan fingerprint density at radius 3 is 2.38 bits per heavy atom. The minimum atomic E-state index is -0.556. The van der Waals surface area contributed by atoms with Gasteiger partial charge < -0.3 is 9.30 Å². The highest BCUT2D eigenvalue weighted by atomic mass is 35.5. The van der Waals surface area contributed by atoms with Gasteiger partial charge in [0, 0.05) is 23.8 Å². The summed E-state index contributed by atoms with van der Waals surface area (Å²) < 4.78 is 6.93. The van der Waals surface area contributed by atoms with Crippen LogP contribution in [0.2, 0.25) is 5.02 Å². The van der Waals surface area contributed by atoms with Gasteiger partial charge in [-0.25, -0.2) is 4.79 Å². The van der Waals surface area contributed by atoms with Gasteiger partial charge in [-0.2, -0.15) is 0 Å². The van der Waals surface area contributed by atoms with Crippen molar-refractivity contribution in [2.45, 2.75) is 26.7 Å². The Balaban J connectivity index is 0.00000288. The molecule has 1 aromatic carbocycles. The van der Waals surface area contributed by atoms with Gasteiger partial charge >= 0.3 is 5.97 Å². The molecule has 24 heavy (non-hydrogen) atoms. The predicted octanol–water partition coefficient (Wildman–Crippen LogP) is 4.26. The first-order chi connectivity index (χ1) is 11.0. The average Bonchev–Trinajstić information content (AvgIpc) is 2.52. The fourth-order valence-electron chi connectivity index (χ4n) is 2.60. The van der Waals surface area contributed by atoms with Crippen molar-refractivity contribution < 1.29 is 9.53 Å². The third-order valence-corrected chi connectivity index (χ3v) is 3.93. The summed E-state index contributed by atoms with van der Waals surface area (Å²) in [4.78, 5) is 24.7. The van der Waals surface area contributed by atoms with E-state index in [0.717, 1.165) is 17.7 Å². The maximum absolute atomic E-state index is 12.5. The van der Waals surface area contributed by atoms with Gasteiger partial charge in [0.15, 0.2) is 5.43 Å². The standard InChI is InChI=1S/C18H20ClNO3.ClH/c1-4-6-14-17(18(22)23-5-2)16(21)11-15(20(14)3)12-7-9-13(19)10-8-12;/h7-11H,4-6H2,1-3H3;1H. The summed E-state index contributed by atoms with van der Waals surface area (Å²) in [6.45, 7) is 3.98. The quantitative estimate of drug-likeness (QED) is 0.739. The molecule has 0 aliphatic rings. The van der Waals surface area contributed by atoms with E-state index in [1.54, 1.807) is 19.1 Å². The Labute approximate surface area is 152 Å². The summed E-state index contributed by atoms with van der Waals surface area (Å²) in [5.74, 6) is -0.556. The Bertz CT molecular complexity index is 767. The lowest BCUT2D eigenvalue weighted by Crippen LogP contribution is -2.24. The van der Waals surface area contributed by atoms with Crippen LogP contribution in [-0.2, 0) is 18.2 Å². The Morgan fingerprint density at radius 1 is 1.21 bits per heavy atom. The van der Waals surface area contributed by atoms with Crippen LogP contribution in [0.25, 0.3) is 11.3 Å². The van der Waals surface area contributed by atoms with Crippen LogP contribution in [0.3, 0.4) is 0 Å². The number of esters is 1. The number of rotatable bonds is 5. The van der Waals surface area contributed by atoms with E-state index in [1.165, 1.54) is 6.07 Å². The smallest absolute Gasteiger partial charge is 0.343 e. The van der Waals surface area contributed by atoms with E-state index in [4.69, 9.17) is 16.3 Å². The number of halogens is 2. The molecule has 0 bridgehead atoms. The lowest BCUT2D eigenvalue weighted by molar-refractivity contribution is 0.0522. The molecule has 0 amide bonds. The third-order valence-electron chi connectivity index (χ3n) is 3.68. The minimum absolute atomic E-state index is 0. The molecule has 0 atom stereocenters. The molecule has 0 radical (unpaired) electrons. The molecule has 0 unspecified atom stereocenters. The van der Waals surface area contributed by atoms with E-state index in [2.05, 4.69) is 0 Å². The van der Waals surface area contributed by atoms with Gasteiger partial charge in [0.05, 0.1) is 12.3 Å². The van der Waals surface area contributed by atoms with Crippen molar-refractivity contribution in [2.75, 3.05) is 6.61 Å². The molecule has 0 saturated carbocycles. The average molecular weight is 370 g/mol. The van der Waals surface area contributed by atoms with Crippen molar-refractivity contribution in [3.63, 3.8) is 0 Å². The predicted molar refractivity (Wildman–Crippen MR) is 99.3 cm³/mol. The number of pyridine rings is 1. The van der Waals surface area contributed by atoms with E-state index < -0.39 is 5.97 Å². The van der Waals surface area contributed by atoms with Crippen LogP contribution in [0.1, 0.15) is 36.3 Å². The number of nitrogens with zero attached hydrogens (tertiary/aromatic N) is 1. The van der Waals surface area contributed by atoms with Crippen molar-refractivity contribution in [1.82, 2.24) is 4.57 Å². The lowest BCUT2D eigenvalue weighted by atomic mass is 10.0. The van der Waals surface area contributed by atoms with Gasteiger partial charge in [0.2, 0.25) is 0 Å². The van der Waals surface area contributed by atoms with Crippen LogP contribution in [0, 0.1) is 0 Å². The molecule has 130 valence electrons. The zero-order chi connectivity index (χ0) is 17.0. The van der Waals surface area contributed by atoms with Crippen molar-refractivity contribution in [3.05, 3.63) is 56.8 Å². The van der Waals surface area contributed by atoms with Gasteiger partial charge in [-0.3, -0.25) is 4.79 Å². The van der Waals surface area contributed by atoms with Crippen LogP contribution >= 0.6 is 24.0 Å². The van der Waals surface area contributed by atoms with Crippen molar-refractivity contribution in [2.24, 2.45) is 7.05 Å². The second-order valence-corrected chi connectivity index (χ2v) is 5.69. The largest absolute Gasteiger partial charge is 0.462 e. The van der Waals surface area contributed by atoms with E-state index in [9.17, 15) is 9.59 Å². The summed E-state index contributed by atoms with van der Waals surface area (Å²) in [5.41, 5.74) is 2.15. The zero-order valence-electron chi connectivity index (χ0n) is 14.0. The molecule has 2 aromatic rings. The highest BCUT2D eigenvalue weighted by molar-refractivity contribution is 6.30. The Kier molecular flexibility index (Phi) is 7.52. The second-order valence-electron chi connectivity index (χ2n) is 5.25. The molecular formula is C18H21Cl2NO3. The Morgan fingerprint density at radius 2 is 1.83 bits per heavy atom. The molecule has 0 N–H and O–H groups in total. The minimum Gasteiger partial charge on any atom is -0.462 e. The van der Waals surface area contributed by atoms with E-state index in [0.29, 0.717) is 17.1 Å².